The number of aromatic amines is 1. The van der Waals surface area contributed by atoms with Gasteiger partial charge in [-0.15, -0.1) is 0 Å². The molecule has 132 valence electrons. The Hall–Kier alpha value is -2.63. The van der Waals surface area contributed by atoms with Crippen LogP contribution in [0.2, 0.25) is 0 Å². The first-order chi connectivity index (χ1) is 12.0. The van der Waals surface area contributed by atoms with E-state index < -0.39 is 0 Å². The molecule has 6 heteroatoms. The lowest BCUT2D eigenvalue weighted by Crippen LogP contribution is -2.41. The van der Waals surface area contributed by atoms with E-state index in [0.717, 1.165) is 30.8 Å². The quantitative estimate of drug-likeness (QED) is 0.897. The molecule has 1 aromatic heterocycles. The number of hydrogen-bond acceptors (Lipinski definition) is 4. The Kier molecular flexibility index (Phi) is 5.16. The van der Waals surface area contributed by atoms with E-state index in [1.165, 1.54) is 11.6 Å². The first-order valence-corrected chi connectivity index (χ1v) is 8.73. The van der Waals surface area contributed by atoms with Crippen molar-refractivity contribution in [1.29, 1.82) is 0 Å². The van der Waals surface area contributed by atoms with Crippen LogP contribution in [0.25, 0.3) is 0 Å². The highest BCUT2D eigenvalue weighted by molar-refractivity contribution is 5.93. The van der Waals surface area contributed by atoms with Gasteiger partial charge in [-0.25, -0.2) is 5.10 Å². The van der Waals surface area contributed by atoms with Gasteiger partial charge in [0.2, 0.25) is 5.91 Å². The SMILES string of the molecule is CC(C)c1cccc(NC(=O)[C@@H]2CCCN(c3cn[nH]c(=O)c3)C2)c1. The van der Waals surface area contributed by atoms with E-state index in [1.54, 1.807) is 6.20 Å². The van der Waals surface area contributed by atoms with Gasteiger partial charge >= 0.3 is 0 Å². The maximum Gasteiger partial charge on any atom is 0.266 e. The number of benzene rings is 1. The van der Waals surface area contributed by atoms with Gasteiger partial charge in [0.25, 0.3) is 5.56 Å². The highest BCUT2D eigenvalue weighted by atomic mass is 16.2. The number of rotatable bonds is 4. The van der Waals surface area contributed by atoms with E-state index in [-0.39, 0.29) is 17.4 Å². The molecule has 0 unspecified atom stereocenters. The van der Waals surface area contributed by atoms with Gasteiger partial charge in [-0.2, -0.15) is 5.10 Å². The number of carbonyl (C=O) groups is 1. The van der Waals surface area contributed by atoms with Crippen LogP contribution in [0.15, 0.2) is 41.3 Å². The normalized spacial score (nSPS) is 17.6. The fourth-order valence-electron chi connectivity index (χ4n) is 3.18. The Bertz CT molecular complexity index is 800. The van der Waals surface area contributed by atoms with E-state index in [4.69, 9.17) is 0 Å². The van der Waals surface area contributed by atoms with Crippen molar-refractivity contribution >= 4 is 17.3 Å². The number of H-pyrrole nitrogens is 1. The topological polar surface area (TPSA) is 78.1 Å². The first-order valence-electron chi connectivity index (χ1n) is 8.73. The molecule has 1 aliphatic heterocycles. The molecule has 2 heterocycles. The van der Waals surface area contributed by atoms with Gasteiger partial charge in [-0.3, -0.25) is 9.59 Å². The van der Waals surface area contributed by atoms with Gasteiger partial charge in [-0.1, -0.05) is 26.0 Å². The van der Waals surface area contributed by atoms with Crippen LogP contribution in [0, 0.1) is 5.92 Å². The molecule has 1 aromatic carbocycles. The summed E-state index contributed by atoms with van der Waals surface area (Å²) in [5.74, 6) is 0.352. The third-order valence-corrected chi connectivity index (χ3v) is 4.63. The van der Waals surface area contributed by atoms with Crippen molar-refractivity contribution in [2.24, 2.45) is 5.92 Å². The number of aromatic nitrogens is 2. The third-order valence-electron chi connectivity index (χ3n) is 4.63. The molecule has 2 aromatic rings. The predicted octanol–water partition coefficient (Wildman–Crippen LogP) is 2.75. The highest BCUT2D eigenvalue weighted by Crippen LogP contribution is 2.24. The van der Waals surface area contributed by atoms with Gasteiger partial charge in [-0.05, 0) is 36.5 Å². The second-order valence-electron chi connectivity index (χ2n) is 6.86. The maximum atomic E-state index is 12.7. The Labute approximate surface area is 147 Å². The van der Waals surface area contributed by atoms with Crippen molar-refractivity contribution in [2.45, 2.75) is 32.6 Å². The molecule has 0 bridgehead atoms. The molecule has 6 nitrogen and oxygen atoms in total. The van der Waals surface area contributed by atoms with Crippen molar-refractivity contribution in [2.75, 3.05) is 23.3 Å². The minimum atomic E-state index is -0.227. The van der Waals surface area contributed by atoms with Gasteiger partial charge in [0.1, 0.15) is 0 Å². The smallest absolute Gasteiger partial charge is 0.266 e. The van der Waals surface area contributed by atoms with Gasteiger partial charge in [0.15, 0.2) is 0 Å². The van der Waals surface area contributed by atoms with Crippen LogP contribution in [0.3, 0.4) is 0 Å². The van der Waals surface area contributed by atoms with Crippen molar-refractivity contribution < 1.29 is 4.79 Å². The largest absolute Gasteiger partial charge is 0.369 e. The molecule has 25 heavy (non-hydrogen) atoms. The molecule has 1 atom stereocenters. The molecule has 0 spiro atoms. The lowest BCUT2D eigenvalue weighted by Gasteiger charge is -2.33. The molecule has 0 radical (unpaired) electrons. The van der Waals surface area contributed by atoms with Crippen LogP contribution in [0.4, 0.5) is 11.4 Å². The fourth-order valence-corrected chi connectivity index (χ4v) is 3.18. The summed E-state index contributed by atoms with van der Waals surface area (Å²) in [6.45, 7) is 5.70. The zero-order chi connectivity index (χ0) is 17.8. The molecule has 3 rings (SSSR count). The lowest BCUT2D eigenvalue weighted by molar-refractivity contribution is -0.120. The molecular formula is C19H24N4O2. The second kappa shape index (κ2) is 7.51. The molecule has 1 amide bonds. The number of piperidine rings is 1. The summed E-state index contributed by atoms with van der Waals surface area (Å²) in [5, 5.41) is 9.26. The summed E-state index contributed by atoms with van der Waals surface area (Å²) in [7, 11) is 0. The number of nitrogens with zero attached hydrogens (tertiary/aromatic N) is 2. The summed E-state index contributed by atoms with van der Waals surface area (Å²) < 4.78 is 0. The van der Waals surface area contributed by atoms with Crippen LogP contribution >= 0.6 is 0 Å². The summed E-state index contributed by atoms with van der Waals surface area (Å²) >= 11 is 0. The van der Waals surface area contributed by atoms with Crippen LogP contribution in [-0.4, -0.2) is 29.2 Å². The fraction of sp³-hybridized carbons (Fsp3) is 0.421. The van der Waals surface area contributed by atoms with Crippen molar-refractivity contribution in [3.05, 3.63) is 52.4 Å². The van der Waals surface area contributed by atoms with Crippen molar-refractivity contribution in [3.8, 4) is 0 Å². The summed E-state index contributed by atoms with van der Waals surface area (Å²) in [6, 6.07) is 9.52. The Morgan fingerprint density at radius 2 is 2.20 bits per heavy atom. The summed E-state index contributed by atoms with van der Waals surface area (Å²) in [4.78, 5) is 26.2. The Balaban J connectivity index is 1.68. The lowest BCUT2D eigenvalue weighted by atomic mass is 9.96. The van der Waals surface area contributed by atoms with Gasteiger partial charge in [0, 0.05) is 24.8 Å². The van der Waals surface area contributed by atoms with Crippen LogP contribution in [0.1, 0.15) is 38.2 Å². The van der Waals surface area contributed by atoms with E-state index in [9.17, 15) is 9.59 Å². The number of carbonyl (C=O) groups excluding carboxylic acids is 1. The first kappa shape index (κ1) is 17.2. The van der Waals surface area contributed by atoms with Gasteiger partial charge in [0.05, 0.1) is 17.8 Å². The minimum absolute atomic E-state index is 0.0309. The average Bonchev–Trinajstić information content (AvgIpc) is 2.62. The van der Waals surface area contributed by atoms with E-state index in [2.05, 4.69) is 40.3 Å². The zero-order valence-corrected chi connectivity index (χ0v) is 14.7. The highest BCUT2D eigenvalue weighted by Gasteiger charge is 2.26. The van der Waals surface area contributed by atoms with Gasteiger partial charge < -0.3 is 10.2 Å². The minimum Gasteiger partial charge on any atom is -0.369 e. The third kappa shape index (κ3) is 4.26. The average molecular weight is 340 g/mol. The number of nitrogens with one attached hydrogen (secondary N) is 2. The summed E-state index contributed by atoms with van der Waals surface area (Å²) in [5.41, 5.74) is 2.58. The molecule has 0 saturated carbocycles. The standard InChI is InChI=1S/C19H24N4O2/c1-13(2)14-5-3-7-16(9-14)21-19(25)15-6-4-8-23(12-15)17-10-18(24)22-20-11-17/h3,5,7,9-11,13,15H,4,6,8,12H2,1-2H3,(H,21,25)(H,22,24)/t15-/m1/s1. The van der Waals surface area contributed by atoms with Crippen LogP contribution in [0.5, 0.6) is 0 Å². The Morgan fingerprint density at radius 1 is 1.36 bits per heavy atom. The molecule has 0 aliphatic carbocycles. The molecule has 1 fully saturated rings. The van der Waals surface area contributed by atoms with Crippen molar-refractivity contribution in [3.63, 3.8) is 0 Å². The van der Waals surface area contributed by atoms with Crippen LogP contribution < -0.4 is 15.8 Å². The molecule has 2 N–H and O–H groups in total. The maximum absolute atomic E-state index is 12.7. The molecular weight excluding hydrogens is 316 g/mol. The number of hydrogen-bond donors (Lipinski definition) is 2. The number of anilines is 2. The zero-order valence-electron chi connectivity index (χ0n) is 14.7. The van der Waals surface area contributed by atoms with Crippen LogP contribution in [-0.2, 0) is 4.79 Å². The summed E-state index contributed by atoms with van der Waals surface area (Å²) in [6.07, 6.45) is 3.40. The van der Waals surface area contributed by atoms with E-state index >= 15 is 0 Å². The van der Waals surface area contributed by atoms with E-state index in [0.29, 0.717) is 12.5 Å². The molecule has 1 saturated heterocycles. The number of amides is 1. The van der Waals surface area contributed by atoms with E-state index in [1.807, 2.05) is 18.2 Å². The Morgan fingerprint density at radius 3 is 2.96 bits per heavy atom. The monoisotopic (exact) mass is 340 g/mol. The van der Waals surface area contributed by atoms with Crippen molar-refractivity contribution in [1.82, 2.24) is 10.2 Å². The second-order valence-corrected chi connectivity index (χ2v) is 6.86. The molecule has 1 aliphatic rings. The predicted molar refractivity (Wildman–Crippen MR) is 99.0 cm³/mol.